The number of hydrogen-bond donors (Lipinski definition) is 3. The molecule has 8 heteroatoms. The standard InChI is InChI=1S/C19H24FN5OS/c1-21-19(24-10-3-13-27-17-7-5-16(20)6-8-17)25-12-11-23-18(26)15-4-2-9-22-14-15/h2,4-9,14H,3,10-13H2,1H3,(H,23,26)(H2,21,24,25). The molecule has 27 heavy (non-hydrogen) atoms. The summed E-state index contributed by atoms with van der Waals surface area (Å²) < 4.78 is 12.9. The summed E-state index contributed by atoms with van der Waals surface area (Å²) in [6, 6.07) is 9.97. The van der Waals surface area contributed by atoms with Crippen LogP contribution >= 0.6 is 11.8 Å². The lowest BCUT2D eigenvalue weighted by atomic mass is 10.3. The number of pyridine rings is 1. The number of thioether (sulfide) groups is 1. The Kier molecular flexibility index (Phi) is 9.12. The maximum atomic E-state index is 12.9. The lowest BCUT2D eigenvalue weighted by molar-refractivity contribution is 0.0954. The number of rotatable bonds is 9. The third-order valence-corrected chi connectivity index (χ3v) is 4.64. The van der Waals surface area contributed by atoms with Crippen LogP contribution in [0.4, 0.5) is 4.39 Å². The molecule has 0 spiro atoms. The fraction of sp³-hybridized carbons (Fsp3) is 0.316. The van der Waals surface area contributed by atoms with Crippen LogP contribution < -0.4 is 16.0 Å². The molecule has 2 aromatic rings. The molecule has 0 fully saturated rings. The molecule has 0 aliphatic carbocycles. The summed E-state index contributed by atoms with van der Waals surface area (Å²) in [5.74, 6) is 1.26. The van der Waals surface area contributed by atoms with Gasteiger partial charge in [-0.1, -0.05) is 0 Å². The Bertz CT molecular complexity index is 725. The van der Waals surface area contributed by atoms with E-state index in [1.54, 1.807) is 49.3 Å². The Morgan fingerprint density at radius 3 is 2.56 bits per heavy atom. The Balaban J connectivity index is 1.55. The van der Waals surface area contributed by atoms with Crippen LogP contribution in [0.3, 0.4) is 0 Å². The minimum Gasteiger partial charge on any atom is -0.356 e. The van der Waals surface area contributed by atoms with E-state index in [0.717, 1.165) is 23.6 Å². The van der Waals surface area contributed by atoms with E-state index in [9.17, 15) is 9.18 Å². The number of aliphatic imine (C=N–C) groups is 1. The molecular formula is C19H24FN5OS. The minimum absolute atomic E-state index is 0.148. The number of guanidine groups is 1. The van der Waals surface area contributed by atoms with Crippen molar-refractivity contribution < 1.29 is 9.18 Å². The van der Waals surface area contributed by atoms with E-state index in [4.69, 9.17) is 0 Å². The van der Waals surface area contributed by atoms with E-state index in [1.807, 2.05) is 0 Å². The Morgan fingerprint density at radius 1 is 1.11 bits per heavy atom. The Labute approximate surface area is 163 Å². The molecule has 0 aliphatic rings. The first-order valence-electron chi connectivity index (χ1n) is 8.70. The van der Waals surface area contributed by atoms with Gasteiger partial charge in [-0.15, -0.1) is 11.8 Å². The van der Waals surface area contributed by atoms with Crippen molar-refractivity contribution in [1.29, 1.82) is 0 Å². The molecule has 1 aromatic heterocycles. The first-order valence-corrected chi connectivity index (χ1v) is 9.68. The van der Waals surface area contributed by atoms with E-state index in [-0.39, 0.29) is 11.7 Å². The molecular weight excluding hydrogens is 365 g/mol. The quantitative estimate of drug-likeness (QED) is 0.265. The van der Waals surface area contributed by atoms with Crippen LogP contribution in [0.15, 0.2) is 58.7 Å². The molecule has 1 aromatic carbocycles. The normalized spacial score (nSPS) is 11.1. The predicted molar refractivity (Wildman–Crippen MR) is 108 cm³/mol. The van der Waals surface area contributed by atoms with Crippen molar-refractivity contribution in [3.8, 4) is 0 Å². The molecule has 0 radical (unpaired) electrons. The van der Waals surface area contributed by atoms with Gasteiger partial charge < -0.3 is 16.0 Å². The SMILES string of the molecule is CN=C(NCCCSc1ccc(F)cc1)NCCNC(=O)c1cccnc1. The first-order chi connectivity index (χ1) is 13.2. The Morgan fingerprint density at radius 2 is 1.85 bits per heavy atom. The maximum absolute atomic E-state index is 12.9. The van der Waals surface area contributed by atoms with Crippen LogP contribution in [-0.2, 0) is 0 Å². The molecule has 0 aliphatic heterocycles. The number of nitrogens with one attached hydrogen (secondary N) is 3. The second-order valence-corrected chi connectivity index (χ2v) is 6.75. The van der Waals surface area contributed by atoms with Gasteiger partial charge in [0.15, 0.2) is 5.96 Å². The van der Waals surface area contributed by atoms with Crippen LogP contribution in [-0.4, -0.2) is 49.3 Å². The van der Waals surface area contributed by atoms with Gasteiger partial charge in [0.1, 0.15) is 5.82 Å². The summed E-state index contributed by atoms with van der Waals surface area (Å²) in [4.78, 5) is 21.0. The number of carbonyl (C=O) groups excluding carboxylic acids is 1. The summed E-state index contributed by atoms with van der Waals surface area (Å²) in [5.41, 5.74) is 0.540. The summed E-state index contributed by atoms with van der Waals surface area (Å²) in [7, 11) is 1.71. The Hall–Kier alpha value is -2.61. The smallest absolute Gasteiger partial charge is 0.252 e. The number of hydrogen-bond acceptors (Lipinski definition) is 4. The third-order valence-electron chi connectivity index (χ3n) is 3.55. The van der Waals surface area contributed by atoms with Gasteiger partial charge in [-0.3, -0.25) is 14.8 Å². The van der Waals surface area contributed by atoms with Crippen molar-refractivity contribution in [1.82, 2.24) is 20.9 Å². The van der Waals surface area contributed by atoms with Gasteiger partial charge in [-0.2, -0.15) is 0 Å². The zero-order chi connectivity index (χ0) is 19.3. The van der Waals surface area contributed by atoms with Gasteiger partial charge in [0.25, 0.3) is 5.91 Å². The summed E-state index contributed by atoms with van der Waals surface area (Å²) in [6.07, 6.45) is 4.11. The first kappa shape index (κ1) is 20.7. The highest BCUT2D eigenvalue weighted by molar-refractivity contribution is 7.99. The topological polar surface area (TPSA) is 78.4 Å². The van der Waals surface area contributed by atoms with Crippen molar-refractivity contribution in [3.63, 3.8) is 0 Å². The second kappa shape index (κ2) is 11.9. The van der Waals surface area contributed by atoms with Crippen LogP contribution in [0.5, 0.6) is 0 Å². The van der Waals surface area contributed by atoms with Gasteiger partial charge in [0.2, 0.25) is 0 Å². The van der Waals surface area contributed by atoms with Crippen molar-refractivity contribution in [2.75, 3.05) is 32.4 Å². The molecule has 1 amide bonds. The van der Waals surface area contributed by atoms with Crippen LogP contribution in [0.1, 0.15) is 16.8 Å². The maximum Gasteiger partial charge on any atom is 0.252 e. The summed E-state index contributed by atoms with van der Waals surface area (Å²) in [6.45, 7) is 1.82. The molecule has 2 rings (SSSR count). The largest absolute Gasteiger partial charge is 0.356 e. The van der Waals surface area contributed by atoms with E-state index >= 15 is 0 Å². The van der Waals surface area contributed by atoms with E-state index in [1.165, 1.54) is 18.3 Å². The van der Waals surface area contributed by atoms with Gasteiger partial charge in [-0.25, -0.2) is 4.39 Å². The van der Waals surface area contributed by atoms with Crippen molar-refractivity contribution in [2.24, 2.45) is 4.99 Å². The zero-order valence-corrected chi connectivity index (χ0v) is 16.1. The van der Waals surface area contributed by atoms with Crippen molar-refractivity contribution in [2.45, 2.75) is 11.3 Å². The lowest BCUT2D eigenvalue weighted by Crippen LogP contribution is -2.41. The number of halogens is 1. The molecule has 6 nitrogen and oxygen atoms in total. The van der Waals surface area contributed by atoms with Gasteiger partial charge in [-0.05, 0) is 48.6 Å². The summed E-state index contributed by atoms with van der Waals surface area (Å²) in [5, 5.41) is 9.20. The number of nitrogens with zero attached hydrogens (tertiary/aromatic N) is 2. The molecule has 1 heterocycles. The second-order valence-electron chi connectivity index (χ2n) is 5.58. The molecule has 0 bridgehead atoms. The number of benzene rings is 1. The summed E-state index contributed by atoms with van der Waals surface area (Å²) >= 11 is 1.69. The van der Waals surface area contributed by atoms with Crippen molar-refractivity contribution in [3.05, 3.63) is 60.2 Å². The van der Waals surface area contributed by atoms with Crippen LogP contribution in [0.25, 0.3) is 0 Å². The third kappa shape index (κ3) is 8.08. The highest BCUT2D eigenvalue weighted by Crippen LogP contribution is 2.18. The average molecular weight is 390 g/mol. The molecule has 0 saturated heterocycles. The van der Waals surface area contributed by atoms with Gasteiger partial charge in [0, 0.05) is 44.0 Å². The van der Waals surface area contributed by atoms with Gasteiger partial charge in [0.05, 0.1) is 5.56 Å². The van der Waals surface area contributed by atoms with Crippen LogP contribution in [0.2, 0.25) is 0 Å². The number of amides is 1. The van der Waals surface area contributed by atoms with E-state index in [0.29, 0.717) is 24.6 Å². The molecule has 144 valence electrons. The predicted octanol–water partition coefficient (Wildman–Crippen LogP) is 2.30. The minimum atomic E-state index is -0.215. The zero-order valence-electron chi connectivity index (χ0n) is 15.2. The van der Waals surface area contributed by atoms with Gasteiger partial charge >= 0.3 is 0 Å². The molecule has 0 atom stereocenters. The fourth-order valence-electron chi connectivity index (χ4n) is 2.18. The average Bonchev–Trinajstić information content (AvgIpc) is 2.71. The molecule has 0 unspecified atom stereocenters. The van der Waals surface area contributed by atoms with Crippen LogP contribution in [0, 0.1) is 5.82 Å². The van der Waals surface area contributed by atoms with E-state index in [2.05, 4.69) is 25.9 Å². The molecule has 3 N–H and O–H groups in total. The van der Waals surface area contributed by atoms with E-state index < -0.39 is 0 Å². The monoisotopic (exact) mass is 389 g/mol. The fourth-order valence-corrected chi connectivity index (χ4v) is 3.03. The highest BCUT2D eigenvalue weighted by atomic mass is 32.2. The van der Waals surface area contributed by atoms with Crippen molar-refractivity contribution >= 4 is 23.6 Å². The highest BCUT2D eigenvalue weighted by Gasteiger charge is 2.04. The number of carbonyl (C=O) groups is 1. The number of aromatic nitrogens is 1. The molecule has 0 saturated carbocycles. The lowest BCUT2D eigenvalue weighted by Gasteiger charge is -2.12.